The molecule has 5 nitrogen and oxygen atoms in total. The molecule has 1 saturated heterocycles. The zero-order valence-electron chi connectivity index (χ0n) is 17.0. The number of aliphatic imine (C=N–C) groups is 1. The van der Waals surface area contributed by atoms with E-state index in [1.807, 2.05) is 0 Å². The number of hydrogen-bond donors (Lipinski definition) is 2. The average Bonchev–Trinajstić information content (AvgIpc) is 3.30. The van der Waals surface area contributed by atoms with Gasteiger partial charge in [-0.25, -0.2) is 0 Å². The van der Waals surface area contributed by atoms with Crippen LogP contribution < -0.4 is 10.6 Å². The number of hydrogen-bond acceptors (Lipinski definition) is 2. The number of likely N-dealkylation sites (tertiary alicyclic amines) is 1. The fourth-order valence-corrected chi connectivity index (χ4v) is 3.94. The van der Waals surface area contributed by atoms with E-state index in [-0.39, 0.29) is 0 Å². The Hall–Kier alpha value is -2.01. The molecular formula is C22H35N5. The number of benzene rings is 1. The molecule has 27 heavy (non-hydrogen) atoms. The molecule has 1 fully saturated rings. The summed E-state index contributed by atoms with van der Waals surface area (Å²) >= 11 is 0. The van der Waals surface area contributed by atoms with Crippen molar-refractivity contribution in [3.63, 3.8) is 0 Å². The Labute approximate surface area is 163 Å². The highest BCUT2D eigenvalue weighted by Crippen LogP contribution is 2.17. The van der Waals surface area contributed by atoms with Gasteiger partial charge in [-0.2, -0.15) is 0 Å². The van der Waals surface area contributed by atoms with Crippen molar-refractivity contribution < 1.29 is 0 Å². The van der Waals surface area contributed by atoms with Crippen molar-refractivity contribution in [1.82, 2.24) is 20.1 Å². The van der Waals surface area contributed by atoms with Crippen LogP contribution in [0.25, 0.3) is 10.9 Å². The number of para-hydroxylation sites is 1. The highest BCUT2D eigenvalue weighted by atomic mass is 15.2. The lowest BCUT2D eigenvalue weighted by atomic mass is 10.1. The zero-order valence-corrected chi connectivity index (χ0v) is 17.0. The van der Waals surface area contributed by atoms with E-state index in [2.05, 4.69) is 70.5 Å². The minimum atomic E-state index is 0.707. The maximum atomic E-state index is 4.84. The smallest absolute Gasteiger partial charge is 0.191 e. The van der Waals surface area contributed by atoms with Crippen molar-refractivity contribution in [1.29, 1.82) is 0 Å². The summed E-state index contributed by atoms with van der Waals surface area (Å²) in [6.07, 6.45) is 5.80. The van der Waals surface area contributed by atoms with E-state index in [0.717, 1.165) is 38.6 Å². The van der Waals surface area contributed by atoms with Gasteiger partial charge in [-0.1, -0.05) is 25.1 Å². The molecule has 2 N–H and O–H groups in total. The quantitative estimate of drug-likeness (QED) is 0.405. The molecule has 0 amide bonds. The van der Waals surface area contributed by atoms with Crippen molar-refractivity contribution in [2.45, 2.75) is 39.7 Å². The predicted molar refractivity (Wildman–Crippen MR) is 115 cm³/mol. The summed E-state index contributed by atoms with van der Waals surface area (Å²) in [4.78, 5) is 7.41. The highest BCUT2D eigenvalue weighted by molar-refractivity contribution is 5.80. The fourth-order valence-electron chi connectivity index (χ4n) is 3.94. The topological polar surface area (TPSA) is 44.6 Å². The van der Waals surface area contributed by atoms with Gasteiger partial charge in [-0.3, -0.25) is 4.99 Å². The zero-order chi connectivity index (χ0) is 18.9. The van der Waals surface area contributed by atoms with Gasteiger partial charge in [-0.05, 0) is 62.7 Å². The normalized spacial score (nSPS) is 18.3. The summed E-state index contributed by atoms with van der Waals surface area (Å²) in [7, 11) is 0. The summed E-state index contributed by atoms with van der Waals surface area (Å²) in [6.45, 7) is 11.8. The second kappa shape index (κ2) is 10.4. The summed E-state index contributed by atoms with van der Waals surface area (Å²) < 4.78 is 2.34. The van der Waals surface area contributed by atoms with Crippen LogP contribution in [0.4, 0.5) is 0 Å². The maximum Gasteiger partial charge on any atom is 0.191 e. The average molecular weight is 370 g/mol. The second-order valence-corrected chi connectivity index (χ2v) is 7.52. The third-order valence-electron chi connectivity index (χ3n) is 5.31. The molecule has 3 rings (SSSR count). The van der Waals surface area contributed by atoms with Crippen molar-refractivity contribution in [3.8, 4) is 0 Å². The van der Waals surface area contributed by atoms with Crippen LogP contribution in [0.1, 0.15) is 33.1 Å². The summed E-state index contributed by atoms with van der Waals surface area (Å²) in [5.74, 6) is 1.67. The Kier molecular flexibility index (Phi) is 7.57. The molecule has 0 radical (unpaired) electrons. The van der Waals surface area contributed by atoms with Gasteiger partial charge in [0.05, 0.1) is 0 Å². The molecule has 1 atom stereocenters. The monoisotopic (exact) mass is 369 g/mol. The molecular weight excluding hydrogens is 334 g/mol. The Balaban J connectivity index is 1.42. The molecule has 1 aliphatic heterocycles. The van der Waals surface area contributed by atoms with Gasteiger partial charge in [0.2, 0.25) is 0 Å². The molecule has 1 aromatic carbocycles. The predicted octanol–water partition coefficient (Wildman–Crippen LogP) is 3.32. The first-order valence-corrected chi connectivity index (χ1v) is 10.6. The van der Waals surface area contributed by atoms with E-state index in [1.165, 1.54) is 43.4 Å². The third kappa shape index (κ3) is 5.73. The van der Waals surface area contributed by atoms with Crippen LogP contribution in [0.5, 0.6) is 0 Å². The van der Waals surface area contributed by atoms with Gasteiger partial charge in [0, 0.05) is 44.4 Å². The molecule has 2 heterocycles. The number of aromatic nitrogens is 1. The highest BCUT2D eigenvalue weighted by Gasteiger charge is 2.21. The van der Waals surface area contributed by atoms with Crippen molar-refractivity contribution in [2.24, 2.45) is 10.9 Å². The molecule has 2 aromatic rings. The molecule has 0 aliphatic carbocycles. The number of nitrogens with one attached hydrogen (secondary N) is 2. The van der Waals surface area contributed by atoms with E-state index in [9.17, 15) is 0 Å². The molecule has 1 unspecified atom stereocenters. The van der Waals surface area contributed by atoms with Gasteiger partial charge in [0.25, 0.3) is 0 Å². The van der Waals surface area contributed by atoms with Crippen LogP contribution in [-0.2, 0) is 6.54 Å². The minimum Gasteiger partial charge on any atom is -0.357 e. The van der Waals surface area contributed by atoms with E-state index >= 15 is 0 Å². The van der Waals surface area contributed by atoms with Gasteiger partial charge in [0.1, 0.15) is 0 Å². The van der Waals surface area contributed by atoms with Gasteiger partial charge in [0.15, 0.2) is 5.96 Å². The summed E-state index contributed by atoms with van der Waals surface area (Å²) in [5, 5.41) is 8.20. The van der Waals surface area contributed by atoms with Crippen molar-refractivity contribution >= 4 is 16.9 Å². The molecule has 148 valence electrons. The Morgan fingerprint density at radius 2 is 2.04 bits per heavy atom. The van der Waals surface area contributed by atoms with Crippen LogP contribution in [0.2, 0.25) is 0 Å². The Morgan fingerprint density at radius 3 is 2.89 bits per heavy atom. The SMILES string of the molecule is CCCN1CCC(CN=C(NCC)NCCCn2ccc3ccccc32)C1. The van der Waals surface area contributed by atoms with Crippen LogP contribution >= 0.6 is 0 Å². The number of aryl methyl sites for hydroxylation is 1. The number of rotatable bonds is 9. The molecule has 0 bridgehead atoms. The van der Waals surface area contributed by atoms with E-state index < -0.39 is 0 Å². The molecule has 0 spiro atoms. The van der Waals surface area contributed by atoms with Crippen LogP contribution in [0.3, 0.4) is 0 Å². The lowest BCUT2D eigenvalue weighted by molar-refractivity contribution is 0.326. The first-order chi connectivity index (χ1) is 13.3. The lowest BCUT2D eigenvalue weighted by Crippen LogP contribution is -2.38. The third-order valence-corrected chi connectivity index (χ3v) is 5.31. The molecule has 1 aliphatic rings. The largest absolute Gasteiger partial charge is 0.357 e. The Morgan fingerprint density at radius 1 is 1.15 bits per heavy atom. The number of guanidine groups is 1. The molecule has 1 aromatic heterocycles. The maximum absolute atomic E-state index is 4.84. The lowest BCUT2D eigenvalue weighted by Gasteiger charge is -2.15. The van der Waals surface area contributed by atoms with Crippen LogP contribution in [0, 0.1) is 5.92 Å². The first-order valence-electron chi connectivity index (χ1n) is 10.6. The van der Waals surface area contributed by atoms with Crippen molar-refractivity contribution in [2.75, 3.05) is 39.3 Å². The Bertz CT molecular complexity index is 720. The van der Waals surface area contributed by atoms with Crippen molar-refractivity contribution in [3.05, 3.63) is 36.5 Å². The summed E-state index contributed by atoms with van der Waals surface area (Å²) in [6, 6.07) is 10.8. The van der Waals surface area contributed by atoms with Crippen LogP contribution in [0.15, 0.2) is 41.5 Å². The van der Waals surface area contributed by atoms with Gasteiger partial charge in [-0.15, -0.1) is 0 Å². The fraction of sp³-hybridized carbons (Fsp3) is 0.591. The molecule has 0 saturated carbocycles. The first kappa shape index (κ1) is 19.7. The van der Waals surface area contributed by atoms with Crippen LogP contribution in [-0.4, -0.2) is 54.7 Å². The molecule has 5 heteroatoms. The van der Waals surface area contributed by atoms with E-state index in [1.54, 1.807) is 0 Å². The number of nitrogens with zero attached hydrogens (tertiary/aromatic N) is 3. The minimum absolute atomic E-state index is 0.707. The second-order valence-electron chi connectivity index (χ2n) is 7.52. The van der Waals surface area contributed by atoms with Gasteiger partial charge < -0.3 is 20.1 Å². The van der Waals surface area contributed by atoms with E-state index in [0.29, 0.717) is 5.92 Å². The summed E-state index contributed by atoms with van der Waals surface area (Å²) in [5.41, 5.74) is 1.32. The van der Waals surface area contributed by atoms with Gasteiger partial charge >= 0.3 is 0 Å². The van der Waals surface area contributed by atoms with E-state index in [4.69, 9.17) is 4.99 Å². The standard InChI is InChI=1S/C22H35N5/c1-3-13-26-15-10-19(18-26)17-25-22(23-4-2)24-12-7-14-27-16-11-20-8-5-6-9-21(20)27/h5-6,8-9,11,16,19H,3-4,7,10,12-15,17-18H2,1-2H3,(H2,23,24,25). The number of fused-ring (bicyclic) bond motifs is 1.